The molecule has 1 fully saturated rings. The van der Waals surface area contributed by atoms with Crippen molar-refractivity contribution in [2.45, 2.75) is 39.0 Å². The molecule has 3 heteroatoms. The summed E-state index contributed by atoms with van der Waals surface area (Å²) in [6, 6.07) is 8.68. The van der Waals surface area contributed by atoms with Crippen LogP contribution < -0.4 is 5.73 Å². The summed E-state index contributed by atoms with van der Waals surface area (Å²) in [6.07, 6.45) is 3.37. The van der Waals surface area contributed by atoms with Crippen molar-refractivity contribution in [3.05, 3.63) is 35.4 Å². The molecule has 20 heavy (non-hydrogen) atoms. The van der Waals surface area contributed by atoms with E-state index >= 15 is 0 Å². The molecule has 2 rings (SSSR count). The van der Waals surface area contributed by atoms with Gasteiger partial charge in [0.1, 0.15) is 0 Å². The fraction of sp³-hybridized carbons (Fsp3) is 0.588. The van der Waals surface area contributed by atoms with Crippen molar-refractivity contribution in [3.63, 3.8) is 0 Å². The van der Waals surface area contributed by atoms with Crippen LogP contribution in [0, 0.1) is 5.92 Å². The van der Waals surface area contributed by atoms with E-state index in [4.69, 9.17) is 5.73 Å². The molecule has 1 atom stereocenters. The van der Waals surface area contributed by atoms with Crippen molar-refractivity contribution in [2.75, 3.05) is 19.6 Å². The Kier molecular flexibility index (Phi) is 5.18. The quantitative estimate of drug-likeness (QED) is 0.830. The first kappa shape index (κ1) is 15.0. The van der Waals surface area contributed by atoms with Gasteiger partial charge in [-0.05, 0) is 50.2 Å². The summed E-state index contributed by atoms with van der Waals surface area (Å²) in [5.74, 6) is 0.850. The molecule has 1 aromatic carbocycles. The van der Waals surface area contributed by atoms with Crippen LogP contribution in [0.4, 0.5) is 0 Å². The van der Waals surface area contributed by atoms with Gasteiger partial charge in [0.2, 0.25) is 5.91 Å². The molecule has 1 saturated carbocycles. The van der Waals surface area contributed by atoms with E-state index in [0.29, 0.717) is 6.54 Å². The average molecular weight is 274 g/mol. The van der Waals surface area contributed by atoms with Gasteiger partial charge in [0, 0.05) is 19.6 Å². The third-order valence-corrected chi connectivity index (χ3v) is 4.19. The molecule has 1 unspecified atom stereocenters. The number of carbonyl (C=O) groups is 1. The molecule has 110 valence electrons. The number of rotatable bonds is 7. The van der Waals surface area contributed by atoms with Crippen molar-refractivity contribution in [1.29, 1.82) is 0 Å². The highest BCUT2D eigenvalue weighted by Gasteiger charge is 2.25. The number of nitrogens with zero attached hydrogens (tertiary/aromatic N) is 1. The summed E-state index contributed by atoms with van der Waals surface area (Å²) in [5.41, 5.74) is 8.50. The minimum atomic E-state index is -0.0932. The fourth-order valence-electron chi connectivity index (χ4n) is 2.74. The zero-order valence-corrected chi connectivity index (χ0v) is 12.6. The summed E-state index contributed by atoms with van der Waals surface area (Å²) in [4.78, 5) is 14.3. The van der Waals surface area contributed by atoms with E-state index in [1.54, 1.807) is 0 Å². The molecule has 0 bridgehead atoms. The Hall–Kier alpha value is -1.35. The van der Waals surface area contributed by atoms with E-state index in [1.807, 2.05) is 18.7 Å². The van der Waals surface area contributed by atoms with Gasteiger partial charge in [-0.25, -0.2) is 0 Å². The Morgan fingerprint density at radius 3 is 2.60 bits per heavy atom. The third kappa shape index (κ3) is 3.60. The molecule has 3 nitrogen and oxygen atoms in total. The Balaban J connectivity index is 2.05. The maximum Gasteiger partial charge on any atom is 0.227 e. The first-order chi connectivity index (χ1) is 9.69. The Morgan fingerprint density at radius 2 is 2.05 bits per heavy atom. The van der Waals surface area contributed by atoms with Crippen molar-refractivity contribution in [2.24, 2.45) is 11.7 Å². The maximum absolute atomic E-state index is 12.4. The minimum Gasteiger partial charge on any atom is -0.343 e. The number of hydrogen-bond acceptors (Lipinski definition) is 2. The van der Waals surface area contributed by atoms with Crippen LogP contribution in [0.2, 0.25) is 0 Å². The number of hydrogen-bond donors (Lipinski definition) is 1. The van der Waals surface area contributed by atoms with Gasteiger partial charge >= 0.3 is 0 Å². The zero-order chi connectivity index (χ0) is 14.5. The lowest BCUT2D eigenvalue weighted by Gasteiger charge is -2.24. The van der Waals surface area contributed by atoms with Crippen LogP contribution in [0.3, 0.4) is 0 Å². The maximum atomic E-state index is 12.4. The number of carbonyl (C=O) groups excluding carboxylic acids is 1. The van der Waals surface area contributed by atoms with E-state index in [2.05, 4.69) is 24.3 Å². The Labute approximate surface area is 122 Å². The Bertz CT molecular complexity index is 450. The van der Waals surface area contributed by atoms with Crippen LogP contribution in [-0.2, 0) is 11.2 Å². The number of benzene rings is 1. The largest absolute Gasteiger partial charge is 0.343 e. The molecule has 1 amide bonds. The highest BCUT2D eigenvalue weighted by atomic mass is 16.2. The van der Waals surface area contributed by atoms with Crippen LogP contribution >= 0.6 is 0 Å². The molecule has 0 saturated heterocycles. The van der Waals surface area contributed by atoms with Gasteiger partial charge in [-0.15, -0.1) is 0 Å². The van der Waals surface area contributed by atoms with E-state index in [0.717, 1.165) is 25.4 Å². The summed E-state index contributed by atoms with van der Waals surface area (Å²) in [6.45, 7) is 5.97. The highest BCUT2D eigenvalue weighted by Crippen LogP contribution is 2.40. The summed E-state index contributed by atoms with van der Waals surface area (Å²) < 4.78 is 0. The van der Waals surface area contributed by atoms with E-state index in [9.17, 15) is 4.79 Å². The lowest BCUT2D eigenvalue weighted by molar-refractivity contribution is -0.134. The second-order valence-corrected chi connectivity index (χ2v) is 5.67. The Morgan fingerprint density at radius 1 is 1.35 bits per heavy atom. The number of amides is 1. The van der Waals surface area contributed by atoms with E-state index < -0.39 is 0 Å². The smallest absolute Gasteiger partial charge is 0.227 e. The first-order valence-electron chi connectivity index (χ1n) is 7.77. The molecule has 1 aliphatic rings. The lowest BCUT2D eigenvalue weighted by Crippen LogP contribution is -2.39. The van der Waals surface area contributed by atoms with Crippen molar-refractivity contribution < 1.29 is 4.79 Å². The molecular weight excluding hydrogens is 248 g/mol. The van der Waals surface area contributed by atoms with E-state index in [1.165, 1.54) is 24.0 Å². The summed E-state index contributed by atoms with van der Waals surface area (Å²) >= 11 is 0. The van der Waals surface area contributed by atoms with Crippen LogP contribution in [0.5, 0.6) is 0 Å². The van der Waals surface area contributed by atoms with Gasteiger partial charge in [-0.1, -0.05) is 24.3 Å². The molecule has 2 N–H and O–H groups in total. The van der Waals surface area contributed by atoms with Crippen LogP contribution in [0.1, 0.15) is 43.7 Å². The van der Waals surface area contributed by atoms with Gasteiger partial charge < -0.3 is 10.6 Å². The minimum absolute atomic E-state index is 0.0932. The second kappa shape index (κ2) is 6.89. The number of nitrogens with two attached hydrogens (primary N) is 1. The highest BCUT2D eigenvalue weighted by molar-refractivity contribution is 5.79. The van der Waals surface area contributed by atoms with Crippen LogP contribution in [0.15, 0.2) is 24.3 Å². The van der Waals surface area contributed by atoms with E-state index in [-0.39, 0.29) is 11.8 Å². The molecule has 1 aliphatic carbocycles. The molecule has 1 aromatic rings. The van der Waals surface area contributed by atoms with Gasteiger partial charge in [0.25, 0.3) is 0 Å². The van der Waals surface area contributed by atoms with Crippen LogP contribution in [-0.4, -0.2) is 30.4 Å². The fourth-order valence-corrected chi connectivity index (χ4v) is 2.74. The van der Waals surface area contributed by atoms with Crippen molar-refractivity contribution >= 4 is 5.91 Å². The second-order valence-electron chi connectivity index (χ2n) is 5.67. The average Bonchev–Trinajstić information content (AvgIpc) is 3.31. The van der Waals surface area contributed by atoms with Crippen LogP contribution in [0.25, 0.3) is 0 Å². The summed E-state index contributed by atoms with van der Waals surface area (Å²) in [5, 5.41) is 0. The SMILES string of the molecule is CCN(CC)C(=O)C(CN)Cc1cccc(C2CC2)c1. The predicted octanol–water partition coefficient (Wildman–Crippen LogP) is 2.55. The normalized spacial score (nSPS) is 15.9. The molecule has 0 aliphatic heterocycles. The molecule has 0 spiro atoms. The third-order valence-electron chi connectivity index (χ3n) is 4.19. The first-order valence-corrected chi connectivity index (χ1v) is 7.77. The summed E-state index contributed by atoms with van der Waals surface area (Å²) in [7, 11) is 0. The zero-order valence-electron chi connectivity index (χ0n) is 12.6. The molecular formula is C17H26N2O. The van der Waals surface area contributed by atoms with Gasteiger partial charge in [0.15, 0.2) is 0 Å². The predicted molar refractivity (Wildman–Crippen MR) is 82.6 cm³/mol. The van der Waals surface area contributed by atoms with Gasteiger partial charge in [-0.2, -0.15) is 0 Å². The van der Waals surface area contributed by atoms with Crippen molar-refractivity contribution in [3.8, 4) is 0 Å². The molecule has 0 aromatic heterocycles. The monoisotopic (exact) mass is 274 g/mol. The lowest BCUT2D eigenvalue weighted by atomic mass is 9.96. The standard InChI is InChI=1S/C17H26N2O/c1-3-19(4-2)17(20)16(12-18)11-13-6-5-7-15(10-13)14-8-9-14/h5-7,10,14,16H,3-4,8-9,11-12,18H2,1-2H3. The molecule has 0 radical (unpaired) electrons. The van der Waals surface area contributed by atoms with Crippen molar-refractivity contribution in [1.82, 2.24) is 4.90 Å². The molecule has 0 heterocycles. The topological polar surface area (TPSA) is 46.3 Å². The van der Waals surface area contributed by atoms with Gasteiger partial charge in [-0.3, -0.25) is 4.79 Å². The van der Waals surface area contributed by atoms with Gasteiger partial charge in [0.05, 0.1) is 5.92 Å².